The van der Waals surface area contributed by atoms with Crippen LogP contribution in [0.15, 0.2) is 0 Å². The molecule has 0 radical (unpaired) electrons. The normalized spacial score (nSPS) is 11.4. The average Bonchev–Trinajstić information content (AvgIpc) is 3.16. The average molecular weight is 754 g/mol. The van der Waals surface area contributed by atoms with Gasteiger partial charge >= 0.3 is 5.97 Å². The van der Waals surface area contributed by atoms with E-state index in [9.17, 15) is 14.7 Å². The highest BCUT2D eigenvalue weighted by atomic mass is 16.5. The van der Waals surface area contributed by atoms with Crippen LogP contribution < -0.4 is 0 Å². The van der Waals surface area contributed by atoms with Gasteiger partial charge in [0.1, 0.15) is 12.4 Å². The number of unbranched alkanes of at least 4 members (excludes halogenated alkanes) is 21. The minimum atomic E-state index is 0.0276. The molecule has 0 aromatic rings. The van der Waals surface area contributed by atoms with Crippen LogP contribution in [0.3, 0.4) is 0 Å². The van der Waals surface area contributed by atoms with E-state index in [1.807, 2.05) is 0 Å². The first-order valence-corrected chi connectivity index (χ1v) is 23.5. The zero-order valence-corrected chi connectivity index (χ0v) is 36.6. The lowest BCUT2D eigenvalue weighted by atomic mass is 9.94. The second-order valence-corrected chi connectivity index (χ2v) is 16.0. The summed E-state index contributed by atoms with van der Waals surface area (Å²) in [6.07, 6.45) is 40.9. The lowest BCUT2D eigenvalue weighted by molar-refractivity contribution is -0.150. The van der Waals surface area contributed by atoms with Gasteiger partial charge in [0.2, 0.25) is 0 Å². The lowest BCUT2D eigenvalue weighted by Crippen LogP contribution is -2.29. The van der Waals surface area contributed by atoms with Gasteiger partial charge in [-0.3, -0.25) is 4.79 Å². The van der Waals surface area contributed by atoms with Gasteiger partial charge in [0.25, 0.3) is 0 Å². The Morgan fingerprint density at radius 2 is 0.981 bits per heavy atom. The molecule has 0 saturated carbocycles. The molecule has 1 N–H and O–H groups in total. The zero-order chi connectivity index (χ0) is 39.3. The van der Waals surface area contributed by atoms with E-state index in [2.05, 4.69) is 32.6 Å². The minimum absolute atomic E-state index is 0.0276. The number of nitrogens with zero attached hydrogens (tertiary/aromatic N) is 1. The Kier molecular flexibility index (Phi) is 48.2. The monoisotopic (exact) mass is 754 g/mol. The summed E-state index contributed by atoms with van der Waals surface area (Å²) in [6.45, 7) is 13.0. The van der Waals surface area contributed by atoms with Crippen LogP contribution in [0.2, 0.25) is 0 Å². The van der Waals surface area contributed by atoms with Crippen LogP contribution in [0.5, 0.6) is 0 Å². The summed E-state index contributed by atoms with van der Waals surface area (Å²) in [7, 11) is 1.77. The van der Waals surface area contributed by atoms with Gasteiger partial charge in [-0.05, 0) is 70.4 Å². The second kappa shape index (κ2) is 47.2. The van der Waals surface area contributed by atoms with Gasteiger partial charge in [0.15, 0.2) is 0 Å². The molecule has 0 heterocycles. The first-order valence-electron chi connectivity index (χ1n) is 23.5. The summed E-state index contributed by atoms with van der Waals surface area (Å²) < 4.78 is 11.1. The van der Waals surface area contributed by atoms with E-state index in [0.717, 1.165) is 64.6 Å². The van der Waals surface area contributed by atoms with Crippen LogP contribution in [-0.2, 0) is 19.1 Å². The fourth-order valence-corrected chi connectivity index (χ4v) is 7.21. The van der Waals surface area contributed by atoms with Gasteiger partial charge in [-0.15, -0.1) is 0 Å². The number of aldehydes is 1. The van der Waals surface area contributed by atoms with E-state index < -0.39 is 0 Å². The third-order valence-corrected chi connectivity index (χ3v) is 10.8. The van der Waals surface area contributed by atoms with E-state index in [0.29, 0.717) is 12.3 Å². The third-order valence-electron chi connectivity index (χ3n) is 10.8. The van der Waals surface area contributed by atoms with Crippen molar-refractivity contribution in [2.24, 2.45) is 5.92 Å². The summed E-state index contributed by atoms with van der Waals surface area (Å²) >= 11 is 0. The molecule has 0 amide bonds. The van der Waals surface area contributed by atoms with Crippen LogP contribution >= 0.6 is 0 Å². The Balaban J connectivity index is 0. The fourth-order valence-electron chi connectivity index (χ4n) is 7.21. The maximum Gasteiger partial charge on any atom is 0.306 e. The number of esters is 1. The van der Waals surface area contributed by atoms with Gasteiger partial charge in [-0.25, -0.2) is 0 Å². The number of rotatable bonds is 42. The molecule has 0 bridgehead atoms. The summed E-state index contributed by atoms with van der Waals surface area (Å²) in [4.78, 5) is 25.4. The molecular formula is C47H95NO5. The Morgan fingerprint density at radius 3 is 1.43 bits per heavy atom. The molecule has 0 aliphatic carbocycles. The van der Waals surface area contributed by atoms with Gasteiger partial charge < -0.3 is 24.3 Å². The number of hydrogen-bond acceptors (Lipinski definition) is 6. The molecule has 0 fully saturated rings. The van der Waals surface area contributed by atoms with Crippen LogP contribution in [0, 0.1) is 5.92 Å². The van der Waals surface area contributed by atoms with Crippen LogP contribution in [0.25, 0.3) is 0 Å². The van der Waals surface area contributed by atoms with Crippen molar-refractivity contribution in [3.05, 3.63) is 0 Å². The fraction of sp³-hybridized carbons (Fsp3) is 0.957. The number of hydrogen-bond donors (Lipinski definition) is 1. The molecule has 0 aliphatic heterocycles. The van der Waals surface area contributed by atoms with Gasteiger partial charge in [0.05, 0.1) is 6.61 Å². The van der Waals surface area contributed by atoms with Crippen molar-refractivity contribution in [3.8, 4) is 0 Å². The van der Waals surface area contributed by atoms with Crippen LogP contribution in [0.4, 0.5) is 0 Å². The van der Waals surface area contributed by atoms with E-state index in [1.54, 1.807) is 7.11 Å². The maximum atomic E-state index is 12.6. The number of aliphatic hydroxyl groups excluding tert-OH is 1. The minimum Gasteiger partial charge on any atom is -0.462 e. The zero-order valence-electron chi connectivity index (χ0n) is 36.6. The predicted octanol–water partition coefficient (Wildman–Crippen LogP) is 13.6. The highest BCUT2D eigenvalue weighted by Crippen LogP contribution is 2.20. The van der Waals surface area contributed by atoms with E-state index in [4.69, 9.17) is 9.47 Å². The first kappa shape index (κ1) is 54.1. The predicted molar refractivity (Wildman–Crippen MR) is 230 cm³/mol. The molecular weight excluding hydrogens is 659 g/mol. The molecule has 0 unspecified atom stereocenters. The number of aliphatic hydroxyl groups is 1. The summed E-state index contributed by atoms with van der Waals surface area (Å²) in [5.74, 6) is 0.696. The second-order valence-electron chi connectivity index (χ2n) is 16.0. The summed E-state index contributed by atoms with van der Waals surface area (Å²) in [5.41, 5.74) is 0. The Morgan fingerprint density at radius 1 is 0.547 bits per heavy atom. The number of carbonyl (C=O) groups excluding carboxylic acids is 2. The number of methoxy groups -OCH3 is 1. The van der Waals surface area contributed by atoms with Crippen LogP contribution in [0.1, 0.15) is 240 Å². The number of ether oxygens (including phenoxy) is 2. The van der Waals surface area contributed by atoms with Crippen molar-refractivity contribution < 1.29 is 24.2 Å². The SMILES string of the molecule is CCCCC(CC=O)CCCC.CCCCCCCCC(CCCCCCCC)OC(=O)CCCCCCCN(CCO)CCCCCCCCOC. The highest BCUT2D eigenvalue weighted by molar-refractivity contribution is 5.69. The Labute approximate surface area is 332 Å². The molecule has 0 saturated heterocycles. The van der Waals surface area contributed by atoms with Crippen molar-refractivity contribution >= 4 is 12.3 Å². The highest BCUT2D eigenvalue weighted by Gasteiger charge is 2.14. The molecule has 6 heteroatoms. The van der Waals surface area contributed by atoms with Crippen molar-refractivity contribution in [3.63, 3.8) is 0 Å². The molecule has 6 nitrogen and oxygen atoms in total. The quantitative estimate of drug-likeness (QED) is 0.0380. The molecule has 0 atom stereocenters. The smallest absolute Gasteiger partial charge is 0.306 e. The molecule has 0 aromatic heterocycles. The first-order chi connectivity index (χ1) is 26.0. The van der Waals surface area contributed by atoms with Crippen molar-refractivity contribution in [1.29, 1.82) is 0 Å². The molecule has 0 aromatic carbocycles. The maximum absolute atomic E-state index is 12.6. The molecule has 318 valence electrons. The Hall–Kier alpha value is -0.980. The van der Waals surface area contributed by atoms with Crippen molar-refractivity contribution in [2.45, 2.75) is 246 Å². The molecule has 0 aliphatic rings. The van der Waals surface area contributed by atoms with Crippen LogP contribution in [-0.4, -0.2) is 68.3 Å². The third kappa shape index (κ3) is 43.6. The van der Waals surface area contributed by atoms with Gasteiger partial charge in [-0.2, -0.15) is 0 Å². The summed E-state index contributed by atoms with van der Waals surface area (Å²) in [5, 5.41) is 9.43. The lowest BCUT2D eigenvalue weighted by Gasteiger charge is -2.21. The standard InChI is InChI=1S/C36H73NO4.C11H22O/c1-4-6-8-10-15-21-27-35(28-22-16-11-9-7-5-2)41-36(39)29-23-17-14-19-25-31-37(32-33-38)30-24-18-12-13-20-26-34-40-3;1-3-5-7-11(9-10-12)8-6-4-2/h35,38H,4-34H2,1-3H3;10-11H,3-9H2,1-2H3. The number of carbonyl (C=O) groups is 2. The van der Waals surface area contributed by atoms with E-state index in [1.165, 1.54) is 173 Å². The van der Waals surface area contributed by atoms with Gasteiger partial charge in [-0.1, -0.05) is 175 Å². The molecule has 53 heavy (non-hydrogen) atoms. The summed E-state index contributed by atoms with van der Waals surface area (Å²) in [6, 6.07) is 0. The van der Waals surface area contributed by atoms with Crippen molar-refractivity contribution in [1.82, 2.24) is 4.90 Å². The Bertz CT molecular complexity index is 680. The van der Waals surface area contributed by atoms with Gasteiger partial charge in [0, 0.05) is 33.1 Å². The largest absolute Gasteiger partial charge is 0.462 e. The topological polar surface area (TPSA) is 76.1 Å². The molecule has 0 rings (SSSR count). The van der Waals surface area contributed by atoms with Crippen molar-refractivity contribution in [2.75, 3.05) is 40.0 Å². The van der Waals surface area contributed by atoms with E-state index in [-0.39, 0.29) is 18.7 Å². The molecule has 0 spiro atoms. The van der Waals surface area contributed by atoms with E-state index >= 15 is 0 Å².